The Hall–Kier alpha value is -1.35. The fourth-order valence-corrected chi connectivity index (χ4v) is 2.19. The zero-order chi connectivity index (χ0) is 11.4. The average molecular weight is 219 g/mol. The van der Waals surface area contributed by atoms with Gasteiger partial charge in [0.15, 0.2) is 0 Å². The predicted molar refractivity (Wildman–Crippen MR) is 61.9 cm³/mol. The third kappa shape index (κ3) is 2.42. The fourth-order valence-electron chi connectivity index (χ4n) is 2.19. The molecule has 1 heterocycles. The third-order valence-electron chi connectivity index (χ3n) is 3.15. The molecule has 2 atom stereocenters. The summed E-state index contributed by atoms with van der Waals surface area (Å²) in [4.78, 5) is 11.3. The first-order valence-electron chi connectivity index (χ1n) is 5.67. The number of ether oxygens (including phenoxy) is 1. The molecule has 1 aliphatic heterocycles. The van der Waals surface area contributed by atoms with E-state index in [0.717, 1.165) is 12.8 Å². The van der Waals surface area contributed by atoms with Crippen LogP contribution in [0.3, 0.4) is 0 Å². The molecule has 3 heteroatoms. The van der Waals surface area contributed by atoms with Crippen LogP contribution in [0.15, 0.2) is 30.3 Å². The van der Waals surface area contributed by atoms with Gasteiger partial charge in [0.2, 0.25) is 0 Å². The maximum atomic E-state index is 11.3. The molecule has 0 saturated carbocycles. The van der Waals surface area contributed by atoms with E-state index in [2.05, 4.69) is 17.4 Å². The highest BCUT2D eigenvalue weighted by Crippen LogP contribution is 2.25. The van der Waals surface area contributed by atoms with E-state index in [4.69, 9.17) is 4.74 Å². The van der Waals surface area contributed by atoms with Crippen molar-refractivity contribution in [2.24, 2.45) is 5.92 Å². The zero-order valence-electron chi connectivity index (χ0n) is 9.48. The number of carbonyl (C=O) groups is 1. The van der Waals surface area contributed by atoms with Crippen LogP contribution < -0.4 is 5.32 Å². The second-order valence-corrected chi connectivity index (χ2v) is 4.17. The molecule has 1 aromatic rings. The summed E-state index contributed by atoms with van der Waals surface area (Å²) in [6.07, 6.45) is 1.89. The van der Waals surface area contributed by atoms with Crippen molar-refractivity contribution in [2.45, 2.75) is 18.9 Å². The standard InChI is InChI=1S/C13H17NO2/c1-16-13(15)11-7-8-12(14-9-11)10-5-3-2-4-6-10/h2-6,11-12,14H,7-9H2,1H3/t11-,12+/m1/s1. The van der Waals surface area contributed by atoms with Gasteiger partial charge in [-0.1, -0.05) is 30.3 Å². The van der Waals surface area contributed by atoms with Gasteiger partial charge in [0.05, 0.1) is 13.0 Å². The number of hydrogen-bond acceptors (Lipinski definition) is 3. The Kier molecular flexibility index (Phi) is 3.57. The molecule has 0 unspecified atom stereocenters. The van der Waals surface area contributed by atoms with Crippen LogP contribution in [0.4, 0.5) is 0 Å². The van der Waals surface area contributed by atoms with Crippen molar-refractivity contribution >= 4 is 5.97 Å². The Balaban J connectivity index is 1.93. The molecular formula is C13H17NO2. The molecule has 0 spiro atoms. The highest BCUT2D eigenvalue weighted by molar-refractivity contribution is 5.72. The van der Waals surface area contributed by atoms with Crippen LogP contribution in [0.25, 0.3) is 0 Å². The molecule has 2 rings (SSSR count). The Morgan fingerprint density at radius 1 is 1.31 bits per heavy atom. The highest BCUT2D eigenvalue weighted by Gasteiger charge is 2.26. The summed E-state index contributed by atoms with van der Waals surface area (Å²) in [5.41, 5.74) is 1.30. The van der Waals surface area contributed by atoms with Crippen LogP contribution in [0, 0.1) is 5.92 Å². The largest absolute Gasteiger partial charge is 0.469 e. The average Bonchev–Trinajstić information content (AvgIpc) is 2.39. The number of nitrogens with one attached hydrogen (secondary N) is 1. The second-order valence-electron chi connectivity index (χ2n) is 4.17. The molecule has 1 N–H and O–H groups in total. The van der Waals surface area contributed by atoms with Gasteiger partial charge in [-0.05, 0) is 18.4 Å². The minimum Gasteiger partial charge on any atom is -0.469 e. The first-order valence-corrected chi connectivity index (χ1v) is 5.67. The van der Waals surface area contributed by atoms with Crippen molar-refractivity contribution in [3.63, 3.8) is 0 Å². The Bertz CT molecular complexity index is 342. The fraction of sp³-hybridized carbons (Fsp3) is 0.462. The topological polar surface area (TPSA) is 38.3 Å². The minimum atomic E-state index is -0.0981. The summed E-state index contributed by atoms with van der Waals surface area (Å²) < 4.78 is 4.75. The van der Waals surface area contributed by atoms with Gasteiger partial charge in [-0.25, -0.2) is 0 Å². The minimum absolute atomic E-state index is 0.0185. The van der Waals surface area contributed by atoms with Gasteiger partial charge in [0.25, 0.3) is 0 Å². The number of piperidine rings is 1. The van der Waals surface area contributed by atoms with E-state index in [9.17, 15) is 4.79 Å². The molecule has 86 valence electrons. The zero-order valence-corrected chi connectivity index (χ0v) is 9.48. The van der Waals surface area contributed by atoms with Gasteiger partial charge in [-0.2, -0.15) is 0 Å². The highest BCUT2D eigenvalue weighted by atomic mass is 16.5. The lowest BCUT2D eigenvalue weighted by Crippen LogP contribution is -2.37. The third-order valence-corrected chi connectivity index (χ3v) is 3.15. The van der Waals surface area contributed by atoms with Crippen molar-refractivity contribution in [1.82, 2.24) is 5.32 Å². The van der Waals surface area contributed by atoms with Crippen molar-refractivity contribution in [3.8, 4) is 0 Å². The molecule has 0 bridgehead atoms. The molecule has 3 nitrogen and oxygen atoms in total. The van der Waals surface area contributed by atoms with Crippen LogP contribution in [-0.2, 0) is 9.53 Å². The lowest BCUT2D eigenvalue weighted by atomic mass is 9.91. The second kappa shape index (κ2) is 5.12. The first-order chi connectivity index (χ1) is 7.81. The van der Waals surface area contributed by atoms with Crippen molar-refractivity contribution in [1.29, 1.82) is 0 Å². The lowest BCUT2D eigenvalue weighted by Gasteiger charge is -2.28. The number of hydrogen-bond donors (Lipinski definition) is 1. The Morgan fingerprint density at radius 2 is 2.06 bits per heavy atom. The van der Waals surface area contributed by atoms with Crippen LogP contribution >= 0.6 is 0 Å². The summed E-state index contributed by atoms with van der Waals surface area (Å²) in [5, 5.41) is 3.40. The SMILES string of the molecule is COC(=O)[C@@H]1CC[C@@H](c2ccccc2)NC1. The molecule has 0 amide bonds. The van der Waals surface area contributed by atoms with E-state index in [1.165, 1.54) is 12.7 Å². The van der Waals surface area contributed by atoms with E-state index in [1.807, 2.05) is 18.2 Å². The molecule has 0 aliphatic carbocycles. The molecule has 16 heavy (non-hydrogen) atoms. The first kappa shape index (κ1) is 11.1. The van der Waals surface area contributed by atoms with E-state index in [1.54, 1.807) is 0 Å². The van der Waals surface area contributed by atoms with E-state index < -0.39 is 0 Å². The monoisotopic (exact) mass is 219 g/mol. The van der Waals surface area contributed by atoms with Gasteiger partial charge in [-0.3, -0.25) is 4.79 Å². The van der Waals surface area contributed by atoms with E-state index >= 15 is 0 Å². The lowest BCUT2D eigenvalue weighted by molar-refractivity contribution is -0.146. The van der Waals surface area contributed by atoms with Crippen molar-refractivity contribution in [3.05, 3.63) is 35.9 Å². The predicted octanol–water partition coefficient (Wildman–Crippen LogP) is 1.90. The maximum absolute atomic E-state index is 11.3. The van der Waals surface area contributed by atoms with E-state index in [-0.39, 0.29) is 11.9 Å². The molecule has 1 saturated heterocycles. The van der Waals surface area contributed by atoms with Gasteiger partial charge in [0.1, 0.15) is 0 Å². The molecular weight excluding hydrogens is 202 g/mol. The van der Waals surface area contributed by atoms with Crippen LogP contribution in [-0.4, -0.2) is 19.6 Å². The van der Waals surface area contributed by atoms with Crippen LogP contribution in [0.5, 0.6) is 0 Å². The van der Waals surface area contributed by atoms with Gasteiger partial charge >= 0.3 is 5.97 Å². The Labute approximate surface area is 95.8 Å². The van der Waals surface area contributed by atoms with Gasteiger partial charge in [-0.15, -0.1) is 0 Å². The van der Waals surface area contributed by atoms with Gasteiger partial charge < -0.3 is 10.1 Å². The number of rotatable bonds is 2. The number of methoxy groups -OCH3 is 1. The van der Waals surface area contributed by atoms with E-state index in [0.29, 0.717) is 12.6 Å². The number of carbonyl (C=O) groups excluding carboxylic acids is 1. The molecule has 0 radical (unpaired) electrons. The van der Waals surface area contributed by atoms with Crippen molar-refractivity contribution in [2.75, 3.05) is 13.7 Å². The van der Waals surface area contributed by atoms with Gasteiger partial charge in [0, 0.05) is 12.6 Å². The molecule has 1 aliphatic rings. The summed E-state index contributed by atoms with van der Waals surface area (Å²) in [5.74, 6) is -0.0797. The molecule has 1 aromatic carbocycles. The Morgan fingerprint density at radius 3 is 2.62 bits per heavy atom. The smallest absolute Gasteiger partial charge is 0.309 e. The number of esters is 1. The van der Waals surface area contributed by atoms with Crippen LogP contribution in [0.1, 0.15) is 24.4 Å². The normalized spacial score (nSPS) is 25.1. The van der Waals surface area contributed by atoms with Crippen LogP contribution in [0.2, 0.25) is 0 Å². The summed E-state index contributed by atoms with van der Waals surface area (Å²) >= 11 is 0. The van der Waals surface area contributed by atoms with Crippen molar-refractivity contribution < 1.29 is 9.53 Å². The molecule has 0 aromatic heterocycles. The quantitative estimate of drug-likeness (QED) is 0.772. The molecule has 1 fully saturated rings. The number of benzene rings is 1. The summed E-state index contributed by atoms with van der Waals surface area (Å²) in [6, 6.07) is 10.7. The maximum Gasteiger partial charge on any atom is 0.309 e. The summed E-state index contributed by atoms with van der Waals surface area (Å²) in [7, 11) is 1.45. The summed E-state index contributed by atoms with van der Waals surface area (Å²) in [6.45, 7) is 0.715.